The number of fused-ring (bicyclic) bond motifs is 1. The van der Waals surface area contributed by atoms with Crippen molar-refractivity contribution in [3.05, 3.63) is 28.2 Å². The molecule has 1 fully saturated rings. The minimum Gasteiger partial charge on any atom is -0.311 e. The number of hydrogen-bond acceptors (Lipinski definition) is 1. The second-order valence-corrected chi connectivity index (χ2v) is 6.91. The highest BCUT2D eigenvalue weighted by Crippen LogP contribution is 2.44. The maximum atomic E-state index is 12.6. The van der Waals surface area contributed by atoms with Crippen LogP contribution in [-0.2, 0) is 10.2 Å². The van der Waals surface area contributed by atoms with E-state index in [1.54, 1.807) is 0 Å². The molecule has 1 aliphatic carbocycles. The third-order valence-corrected chi connectivity index (χ3v) is 4.86. The number of hydrogen-bond donors (Lipinski definition) is 0. The number of halogens is 1. The lowest BCUT2D eigenvalue weighted by Crippen LogP contribution is -2.40. The Kier molecular flexibility index (Phi) is 2.77. The molecule has 1 heterocycles. The summed E-state index contributed by atoms with van der Waals surface area (Å²) in [7, 11) is 0. The fraction of sp³-hybridized carbons (Fsp3) is 0.533. The van der Waals surface area contributed by atoms with Crippen molar-refractivity contribution in [3.63, 3.8) is 0 Å². The summed E-state index contributed by atoms with van der Waals surface area (Å²) in [4.78, 5) is 14.6. The molecule has 96 valence electrons. The maximum absolute atomic E-state index is 12.6. The molecule has 0 bridgehead atoms. The Morgan fingerprint density at radius 2 is 2.11 bits per heavy atom. The normalized spacial score (nSPS) is 21.9. The van der Waals surface area contributed by atoms with Gasteiger partial charge in [0, 0.05) is 16.7 Å². The van der Waals surface area contributed by atoms with Crippen molar-refractivity contribution in [1.29, 1.82) is 0 Å². The first-order valence-electron chi connectivity index (χ1n) is 6.62. The van der Waals surface area contributed by atoms with Gasteiger partial charge in [-0.3, -0.25) is 4.79 Å². The lowest BCUT2D eigenvalue weighted by atomic mass is 9.84. The van der Waals surface area contributed by atoms with Gasteiger partial charge in [0.15, 0.2) is 0 Å². The molecule has 0 N–H and O–H groups in total. The van der Waals surface area contributed by atoms with E-state index in [9.17, 15) is 4.79 Å². The van der Waals surface area contributed by atoms with Gasteiger partial charge >= 0.3 is 0 Å². The van der Waals surface area contributed by atoms with E-state index in [0.29, 0.717) is 5.92 Å². The van der Waals surface area contributed by atoms with E-state index in [2.05, 4.69) is 28.1 Å². The second-order valence-electron chi connectivity index (χ2n) is 6.00. The Morgan fingerprint density at radius 3 is 2.72 bits per heavy atom. The topological polar surface area (TPSA) is 20.3 Å². The van der Waals surface area contributed by atoms with Gasteiger partial charge in [0.05, 0.1) is 5.41 Å². The van der Waals surface area contributed by atoms with Crippen molar-refractivity contribution in [3.8, 4) is 0 Å². The smallest absolute Gasteiger partial charge is 0.237 e. The molecular weight excluding hydrogens is 290 g/mol. The molecule has 1 aromatic carbocycles. The Hall–Kier alpha value is -0.830. The summed E-state index contributed by atoms with van der Waals surface area (Å²) in [5, 5.41) is 0. The van der Waals surface area contributed by atoms with Gasteiger partial charge in [0.25, 0.3) is 0 Å². The Morgan fingerprint density at radius 1 is 1.39 bits per heavy atom. The van der Waals surface area contributed by atoms with Crippen LogP contribution in [0.2, 0.25) is 0 Å². The third-order valence-electron chi connectivity index (χ3n) is 4.37. The third kappa shape index (κ3) is 1.71. The molecule has 0 saturated heterocycles. The summed E-state index contributed by atoms with van der Waals surface area (Å²) < 4.78 is 1.05. The van der Waals surface area contributed by atoms with Crippen molar-refractivity contribution in [1.82, 2.24) is 0 Å². The number of carbonyl (C=O) groups is 1. The minimum absolute atomic E-state index is 0.252. The van der Waals surface area contributed by atoms with Crippen LogP contribution in [-0.4, -0.2) is 12.5 Å². The van der Waals surface area contributed by atoms with E-state index >= 15 is 0 Å². The number of rotatable bonds is 2. The largest absolute Gasteiger partial charge is 0.311 e. The SMILES string of the molecule is CC1(C)C(=O)N(CC2CCC2)c2cc(Br)ccc21. The number of benzene rings is 1. The van der Waals surface area contributed by atoms with Crippen molar-refractivity contribution < 1.29 is 4.79 Å². The zero-order chi connectivity index (χ0) is 12.9. The molecule has 3 rings (SSSR count). The molecule has 0 radical (unpaired) electrons. The van der Waals surface area contributed by atoms with Gasteiger partial charge in [0.2, 0.25) is 5.91 Å². The summed E-state index contributed by atoms with van der Waals surface area (Å²) in [6.45, 7) is 4.96. The van der Waals surface area contributed by atoms with Crippen LogP contribution in [0.5, 0.6) is 0 Å². The lowest BCUT2D eigenvalue weighted by molar-refractivity contribution is -0.122. The van der Waals surface area contributed by atoms with E-state index in [-0.39, 0.29) is 11.3 Å². The highest BCUT2D eigenvalue weighted by molar-refractivity contribution is 9.10. The molecule has 3 heteroatoms. The van der Waals surface area contributed by atoms with Gasteiger partial charge < -0.3 is 4.90 Å². The Balaban J connectivity index is 2.00. The second kappa shape index (κ2) is 4.09. The number of amides is 1. The maximum Gasteiger partial charge on any atom is 0.237 e. The zero-order valence-electron chi connectivity index (χ0n) is 10.9. The van der Waals surface area contributed by atoms with E-state index < -0.39 is 0 Å². The fourth-order valence-electron chi connectivity index (χ4n) is 2.93. The summed E-state index contributed by atoms with van der Waals surface area (Å²) >= 11 is 3.51. The van der Waals surface area contributed by atoms with Gasteiger partial charge in [-0.2, -0.15) is 0 Å². The minimum atomic E-state index is -0.375. The van der Waals surface area contributed by atoms with Crippen molar-refractivity contribution in [2.24, 2.45) is 5.92 Å². The first-order valence-corrected chi connectivity index (χ1v) is 7.41. The van der Waals surface area contributed by atoms with Gasteiger partial charge in [0.1, 0.15) is 0 Å². The van der Waals surface area contributed by atoms with Gasteiger partial charge in [-0.05, 0) is 50.3 Å². The van der Waals surface area contributed by atoms with E-state index in [4.69, 9.17) is 0 Å². The van der Waals surface area contributed by atoms with Crippen LogP contribution >= 0.6 is 15.9 Å². The molecule has 0 spiro atoms. The standard InChI is InChI=1S/C15H18BrNO/c1-15(2)12-7-6-11(16)8-13(12)17(14(15)18)9-10-4-3-5-10/h6-8,10H,3-5,9H2,1-2H3. The summed E-state index contributed by atoms with van der Waals surface area (Å²) in [5.74, 6) is 0.956. The Labute approximate surface area is 116 Å². The predicted molar refractivity (Wildman–Crippen MR) is 76.9 cm³/mol. The average molecular weight is 308 g/mol. The highest BCUT2D eigenvalue weighted by Gasteiger charge is 2.44. The predicted octanol–water partition coefficient (Wildman–Crippen LogP) is 3.87. The Bertz CT molecular complexity index is 505. The monoisotopic (exact) mass is 307 g/mol. The van der Waals surface area contributed by atoms with E-state index in [1.165, 1.54) is 19.3 Å². The highest BCUT2D eigenvalue weighted by atomic mass is 79.9. The van der Waals surface area contributed by atoms with Crippen LogP contribution in [0.15, 0.2) is 22.7 Å². The molecule has 2 nitrogen and oxygen atoms in total. The molecule has 2 aliphatic rings. The molecule has 1 aliphatic heterocycles. The van der Waals surface area contributed by atoms with Crippen LogP contribution in [0.25, 0.3) is 0 Å². The van der Waals surface area contributed by atoms with Crippen LogP contribution < -0.4 is 4.90 Å². The van der Waals surface area contributed by atoms with Crippen LogP contribution in [0, 0.1) is 5.92 Å². The van der Waals surface area contributed by atoms with Crippen molar-refractivity contribution in [2.75, 3.05) is 11.4 Å². The van der Waals surface area contributed by atoms with Gasteiger partial charge in [-0.25, -0.2) is 0 Å². The molecule has 18 heavy (non-hydrogen) atoms. The van der Waals surface area contributed by atoms with E-state index in [0.717, 1.165) is 22.3 Å². The summed E-state index contributed by atoms with van der Waals surface area (Å²) in [6.07, 6.45) is 3.86. The average Bonchev–Trinajstić information content (AvgIpc) is 2.43. The van der Waals surface area contributed by atoms with E-state index in [1.807, 2.05) is 24.8 Å². The fourth-order valence-corrected chi connectivity index (χ4v) is 3.28. The zero-order valence-corrected chi connectivity index (χ0v) is 12.5. The number of anilines is 1. The molecule has 0 unspecified atom stereocenters. The molecule has 0 aromatic heterocycles. The lowest BCUT2D eigenvalue weighted by Gasteiger charge is -2.31. The molecule has 1 amide bonds. The molecule has 1 aromatic rings. The molecule has 1 saturated carbocycles. The quantitative estimate of drug-likeness (QED) is 0.812. The van der Waals surface area contributed by atoms with Crippen molar-refractivity contribution >= 4 is 27.5 Å². The number of carbonyl (C=O) groups excluding carboxylic acids is 1. The van der Waals surface area contributed by atoms with Crippen LogP contribution in [0.4, 0.5) is 5.69 Å². The van der Waals surface area contributed by atoms with Gasteiger partial charge in [-0.15, -0.1) is 0 Å². The first-order chi connectivity index (χ1) is 8.50. The molecular formula is C15H18BrNO. The molecule has 0 atom stereocenters. The van der Waals surface area contributed by atoms with Crippen molar-refractivity contribution in [2.45, 2.75) is 38.5 Å². The van der Waals surface area contributed by atoms with Crippen LogP contribution in [0.1, 0.15) is 38.7 Å². The summed E-state index contributed by atoms with van der Waals surface area (Å²) in [6, 6.07) is 6.19. The number of nitrogens with zero attached hydrogens (tertiary/aromatic N) is 1. The van der Waals surface area contributed by atoms with Gasteiger partial charge in [-0.1, -0.05) is 28.4 Å². The first kappa shape index (κ1) is 12.2. The van der Waals surface area contributed by atoms with Crippen LogP contribution in [0.3, 0.4) is 0 Å². The summed E-state index contributed by atoms with van der Waals surface area (Å²) in [5.41, 5.74) is 1.89.